The lowest BCUT2D eigenvalue weighted by molar-refractivity contribution is 0.473. The fourth-order valence-corrected chi connectivity index (χ4v) is 1.78. The molecule has 3 rings (SSSR count). The van der Waals surface area contributed by atoms with E-state index in [0.717, 1.165) is 5.56 Å². The van der Waals surface area contributed by atoms with Crippen molar-refractivity contribution in [2.75, 3.05) is 5.73 Å². The number of rotatable bonds is 2. The molecule has 2 N–H and O–H groups in total. The van der Waals surface area contributed by atoms with Gasteiger partial charge in [-0.25, -0.2) is 13.9 Å². The molecule has 0 aliphatic heterocycles. The Kier molecular flexibility index (Phi) is 2.56. The summed E-state index contributed by atoms with van der Waals surface area (Å²) >= 11 is 0. The molecule has 19 heavy (non-hydrogen) atoms. The summed E-state index contributed by atoms with van der Waals surface area (Å²) in [6.07, 6.45) is 3.17. The zero-order valence-electron chi connectivity index (χ0n) is 10.2. The van der Waals surface area contributed by atoms with Crippen molar-refractivity contribution in [2.24, 2.45) is 0 Å². The molecule has 2 aromatic heterocycles. The Morgan fingerprint density at radius 1 is 1.32 bits per heavy atom. The van der Waals surface area contributed by atoms with Gasteiger partial charge in [0.15, 0.2) is 5.65 Å². The number of nitrogen functional groups attached to an aromatic ring is 1. The zero-order valence-corrected chi connectivity index (χ0v) is 10.2. The van der Waals surface area contributed by atoms with E-state index >= 15 is 0 Å². The molecule has 0 radical (unpaired) electrons. The lowest BCUT2D eigenvalue weighted by Crippen LogP contribution is -1.95. The average molecular weight is 258 g/mol. The Balaban J connectivity index is 1.98. The van der Waals surface area contributed by atoms with Crippen molar-refractivity contribution in [3.8, 4) is 11.5 Å². The van der Waals surface area contributed by atoms with Gasteiger partial charge >= 0.3 is 0 Å². The number of nitrogens with two attached hydrogens (primary N) is 1. The van der Waals surface area contributed by atoms with Crippen molar-refractivity contribution in [1.29, 1.82) is 0 Å². The van der Waals surface area contributed by atoms with E-state index in [1.54, 1.807) is 35.8 Å². The number of fused-ring (bicyclic) bond motifs is 1. The van der Waals surface area contributed by atoms with Crippen LogP contribution in [0.1, 0.15) is 5.56 Å². The van der Waals surface area contributed by atoms with Crippen molar-refractivity contribution in [1.82, 2.24) is 14.6 Å². The Bertz CT molecular complexity index is 753. The highest BCUT2D eigenvalue weighted by Gasteiger charge is 2.08. The largest absolute Gasteiger partial charge is 0.457 e. The summed E-state index contributed by atoms with van der Waals surface area (Å²) < 4.78 is 20.7. The molecule has 3 aromatic rings. The van der Waals surface area contributed by atoms with Gasteiger partial charge < -0.3 is 10.5 Å². The van der Waals surface area contributed by atoms with Gasteiger partial charge in [0.1, 0.15) is 23.6 Å². The summed E-state index contributed by atoms with van der Waals surface area (Å²) in [5.74, 6) is 0.493. The molecule has 0 fully saturated rings. The van der Waals surface area contributed by atoms with Crippen LogP contribution in [0.3, 0.4) is 0 Å². The van der Waals surface area contributed by atoms with Crippen LogP contribution in [0.25, 0.3) is 5.65 Å². The highest BCUT2D eigenvalue weighted by molar-refractivity contribution is 5.51. The zero-order chi connectivity index (χ0) is 13.4. The van der Waals surface area contributed by atoms with Crippen LogP contribution in [0.4, 0.5) is 10.1 Å². The van der Waals surface area contributed by atoms with E-state index in [-0.39, 0.29) is 5.69 Å². The van der Waals surface area contributed by atoms with Gasteiger partial charge in [-0.15, -0.1) is 0 Å². The van der Waals surface area contributed by atoms with Gasteiger partial charge in [-0.1, -0.05) is 0 Å². The maximum atomic E-state index is 13.4. The predicted octanol–water partition coefficient (Wildman–Crippen LogP) is 2.55. The van der Waals surface area contributed by atoms with Gasteiger partial charge in [0, 0.05) is 18.3 Å². The number of pyridine rings is 1. The first-order valence-electron chi connectivity index (χ1n) is 5.66. The number of hydrogen-bond donors (Lipinski definition) is 1. The van der Waals surface area contributed by atoms with Crippen molar-refractivity contribution >= 4 is 11.3 Å². The van der Waals surface area contributed by atoms with Crippen molar-refractivity contribution in [3.63, 3.8) is 0 Å². The summed E-state index contributed by atoms with van der Waals surface area (Å²) in [6, 6.07) is 6.27. The smallest absolute Gasteiger partial charge is 0.158 e. The Labute approximate surface area is 108 Å². The Morgan fingerprint density at radius 3 is 3.00 bits per heavy atom. The van der Waals surface area contributed by atoms with Gasteiger partial charge in [-0.2, -0.15) is 5.10 Å². The first kappa shape index (κ1) is 11.5. The minimum Gasteiger partial charge on any atom is -0.457 e. The van der Waals surface area contributed by atoms with E-state index in [9.17, 15) is 4.39 Å². The molecular formula is C13H11FN4O. The van der Waals surface area contributed by atoms with E-state index in [4.69, 9.17) is 10.5 Å². The summed E-state index contributed by atoms with van der Waals surface area (Å²) in [4.78, 5) is 4.05. The molecular weight excluding hydrogens is 247 g/mol. The predicted molar refractivity (Wildman–Crippen MR) is 68.6 cm³/mol. The van der Waals surface area contributed by atoms with Crippen molar-refractivity contribution in [2.45, 2.75) is 6.92 Å². The van der Waals surface area contributed by atoms with Gasteiger partial charge in [0.2, 0.25) is 0 Å². The molecule has 0 aliphatic rings. The lowest BCUT2D eigenvalue weighted by Gasteiger charge is -2.10. The Morgan fingerprint density at radius 2 is 2.16 bits per heavy atom. The molecule has 2 heterocycles. The number of halogens is 1. The fourth-order valence-electron chi connectivity index (χ4n) is 1.78. The number of aryl methyl sites for hydroxylation is 1. The summed E-state index contributed by atoms with van der Waals surface area (Å²) in [6.45, 7) is 1.81. The van der Waals surface area contributed by atoms with Crippen LogP contribution in [0.2, 0.25) is 0 Å². The van der Waals surface area contributed by atoms with Gasteiger partial charge in [-0.3, -0.25) is 0 Å². The molecule has 0 amide bonds. The SMILES string of the molecule is Cc1cc(N)c(F)cc1Oc1ccn2ncnc2c1. The maximum absolute atomic E-state index is 13.4. The molecule has 0 bridgehead atoms. The number of hydrogen-bond acceptors (Lipinski definition) is 4. The molecule has 5 nitrogen and oxygen atoms in total. The number of nitrogens with zero attached hydrogens (tertiary/aromatic N) is 3. The van der Waals surface area contributed by atoms with E-state index in [0.29, 0.717) is 17.1 Å². The second-order valence-corrected chi connectivity index (χ2v) is 4.17. The third-order valence-electron chi connectivity index (χ3n) is 2.77. The van der Waals surface area contributed by atoms with Crippen molar-refractivity contribution < 1.29 is 9.13 Å². The van der Waals surface area contributed by atoms with Crippen molar-refractivity contribution in [3.05, 3.63) is 48.2 Å². The Hall–Kier alpha value is -2.63. The molecule has 6 heteroatoms. The molecule has 0 atom stereocenters. The first-order valence-corrected chi connectivity index (χ1v) is 5.66. The topological polar surface area (TPSA) is 65.4 Å². The number of aromatic nitrogens is 3. The molecule has 0 aliphatic carbocycles. The molecule has 0 spiro atoms. The number of ether oxygens (including phenoxy) is 1. The maximum Gasteiger partial charge on any atom is 0.158 e. The minimum atomic E-state index is -0.496. The normalized spacial score (nSPS) is 10.8. The first-order chi connectivity index (χ1) is 9.13. The standard InChI is InChI=1S/C13H11FN4O/c1-8-4-11(15)10(14)6-12(8)19-9-2-3-18-13(5-9)16-7-17-18/h2-7H,15H2,1H3. The molecule has 0 unspecified atom stereocenters. The quantitative estimate of drug-likeness (QED) is 0.717. The van der Waals surface area contributed by atoms with Crippen LogP contribution in [-0.4, -0.2) is 14.6 Å². The molecule has 0 saturated heterocycles. The van der Waals surface area contributed by atoms with Crippen LogP contribution in [-0.2, 0) is 0 Å². The highest BCUT2D eigenvalue weighted by Crippen LogP contribution is 2.28. The van der Waals surface area contributed by atoms with Gasteiger partial charge in [0.25, 0.3) is 0 Å². The summed E-state index contributed by atoms with van der Waals surface area (Å²) in [5.41, 5.74) is 7.02. The van der Waals surface area contributed by atoms with Crippen LogP contribution < -0.4 is 10.5 Å². The monoisotopic (exact) mass is 258 g/mol. The average Bonchev–Trinajstić information content (AvgIpc) is 2.83. The van der Waals surface area contributed by atoms with Crippen LogP contribution in [0.15, 0.2) is 36.8 Å². The van der Waals surface area contributed by atoms with E-state index < -0.39 is 5.82 Å². The van der Waals surface area contributed by atoms with E-state index in [2.05, 4.69) is 10.1 Å². The van der Waals surface area contributed by atoms with Crippen LogP contribution in [0, 0.1) is 12.7 Å². The summed E-state index contributed by atoms with van der Waals surface area (Å²) in [7, 11) is 0. The minimum absolute atomic E-state index is 0.109. The van der Waals surface area contributed by atoms with Gasteiger partial charge in [0.05, 0.1) is 5.69 Å². The molecule has 1 aromatic carbocycles. The third kappa shape index (κ3) is 2.08. The van der Waals surface area contributed by atoms with E-state index in [1.807, 2.05) is 0 Å². The fraction of sp³-hybridized carbons (Fsp3) is 0.0769. The molecule has 0 saturated carbocycles. The lowest BCUT2D eigenvalue weighted by atomic mass is 10.2. The summed E-state index contributed by atoms with van der Waals surface area (Å²) in [5, 5.41) is 3.98. The number of benzene rings is 1. The van der Waals surface area contributed by atoms with E-state index in [1.165, 1.54) is 12.4 Å². The van der Waals surface area contributed by atoms with Gasteiger partial charge in [-0.05, 0) is 24.6 Å². The second kappa shape index (κ2) is 4.24. The second-order valence-electron chi connectivity index (χ2n) is 4.17. The van der Waals surface area contributed by atoms with Crippen LogP contribution >= 0.6 is 0 Å². The van der Waals surface area contributed by atoms with Crippen LogP contribution in [0.5, 0.6) is 11.5 Å². The highest BCUT2D eigenvalue weighted by atomic mass is 19.1. The third-order valence-corrected chi connectivity index (χ3v) is 2.77. The molecule has 96 valence electrons. The number of anilines is 1.